The summed E-state index contributed by atoms with van der Waals surface area (Å²) in [6, 6.07) is 2.15. The number of hydrogen-bond acceptors (Lipinski definition) is 2. The van der Waals surface area contributed by atoms with Crippen LogP contribution in [0.2, 0.25) is 0 Å². The molecule has 5 nitrogen and oxygen atoms in total. The third kappa shape index (κ3) is 5.42. The van der Waals surface area contributed by atoms with Crippen molar-refractivity contribution in [2.45, 2.75) is 13.0 Å². The van der Waals surface area contributed by atoms with Gasteiger partial charge in [0.2, 0.25) is 0 Å². The van der Waals surface area contributed by atoms with E-state index in [1.807, 2.05) is 7.05 Å². The first kappa shape index (κ1) is 19.8. The van der Waals surface area contributed by atoms with E-state index in [9.17, 15) is 0 Å². The summed E-state index contributed by atoms with van der Waals surface area (Å²) in [5.74, 6) is 1.69. The maximum atomic E-state index is 4.40. The van der Waals surface area contributed by atoms with Crippen molar-refractivity contribution in [1.82, 2.24) is 19.7 Å². The molecule has 1 aliphatic heterocycles. The summed E-state index contributed by atoms with van der Waals surface area (Å²) in [7, 11) is 8.18. The Balaban J connectivity index is 0.00000242. The number of nitrogens with zero attached hydrogens (tertiary/aromatic N) is 4. The number of rotatable bonds is 4. The van der Waals surface area contributed by atoms with E-state index in [4.69, 9.17) is 0 Å². The molecule has 2 heterocycles. The lowest BCUT2D eigenvalue weighted by Gasteiger charge is -2.23. The third-order valence-electron chi connectivity index (χ3n) is 4.08. The van der Waals surface area contributed by atoms with Crippen LogP contribution in [-0.4, -0.2) is 61.1 Å². The molecule has 0 saturated carbocycles. The van der Waals surface area contributed by atoms with Crippen LogP contribution < -0.4 is 5.32 Å². The van der Waals surface area contributed by atoms with E-state index in [-0.39, 0.29) is 24.0 Å². The summed E-state index contributed by atoms with van der Waals surface area (Å²) in [5.41, 5.74) is 1.26. The Morgan fingerprint density at radius 2 is 2.23 bits per heavy atom. The molecule has 0 aliphatic carbocycles. The molecule has 1 saturated heterocycles. The Kier molecular flexibility index (Phi) is 8.20. The van der Waals surface area contributed by atoms with Gasteiger partial charge in [-0.25, -0.2) is 0 Å². The molecule has 0 spiro atoms. The van der Waals surface area contributed by atoms with Gasteiger partial charge in [0.15, 0.2) is 5.96 Å². The van der Waals surface area contributed by atoms with E-state index in [1.165, 1.54) is 25.2 Å². The number of aliphatic imine (C=N–C) groups is 1. The zero-order chi connectivity index (χ0) is 15.4. The molecule has 1 aliphatic rings. The first-order valence-corrected chi connectivity index (χ1v) is 8.20. The second-order valence-corrected chi connectivity index (χ2v) is 6.88. The fraction of sp³-hybridized carbons (Fsp3) is 0.667. The lowest BCUT2D eigenvalue weighted by molar-refractivity contribution is 0.390. The minimum absolute atomic E-state index is 0. The highest BCUT2D eigenvalue weighted by atomic mass is 127. The summed E-state index contributed by atoms with van der Waals surface area (Å²) in [6.07, 6.45) is 3.35. The highest BCUT2D eigenvalue weighted by Gasteiger charge is 2.20. The average molecular weight is 484 g/mol. The molecular weight excluding hydrogens is 457 g/mol. The molecule has 0 radical (unpaired) electrons. The van der Waals surface area contributed by atoms with Gasteiger partial charge in [-0.3, -0.25) is 4.99 Å². The van der Waals surface area contributed by atoms with Crippen molar-refractivity contribution in [2.75, 3.05) is 40.8 Å². The maximum absolute atomic E-state index is 4.40. The van der Waals surface area contributed by atoms with E-state index in [1.54, 1.807) is 0 Å². The second kappa shape index (κ2) is 9.12. The van der Waals surface area contributed by atoms with E-state index in [2.05, 4.69) is 74.0 Å². The Hall–Kier alpha value is -0.280. The molecule has 22 heavy (non-hydrogen) atoms. The van der Waals surface area contributed by atoms with Gasteiger partial charge in [0.1, 0.15) is 0 Å². The van der Waals surface area contributed by atoms with Gasteiger partial charge in [0.05, 0.1) is 6.54 Å². The van der Waals surface area contributed by atoms with Crippen molar-refractivity contribution in [3.8, 4) is 0 Å². The van der Waals surface area contributed by atoms with Crippen molar-refractivity contribution >= 4 is 45.9 Å². The fourth-order valence-corrected chi connectivity index (χ4v) is 3.43. The largest absolute Gasteiger partial charge is 0.356 e. The van der Waals surface area contributed by atoms with Gasteiger partial charge in [0.25, 0.3) is 0 Å². The molecular formula is C15H27BrIN5. The van der Waals surface area contributed by atoms with Gasteiger partial charge < -0.3 is 19.7 Å². The highest BCUT2D eigenvalue weighted by Crippen LogP contribution is 2.15. The van der Waals surface area contributed by atoms with Crippen LogP contribution in [0.25, 0.3) is 0 Å². The SMILES string of the molecule is CN=C(NCC1CCN(C)C1)N(C)Cc1cc(Br)cn1C.I. The molecule has 126 valence electrons. The first-order valence-electron chi connectivity index (χ1n) is 7.40. The average Bonchev–Trinajstić information content (AvgIpc) is 2.96. The van der Waals surface area contributed by atoms with Crippen LogP contribution in [0, 0.1) is 5.92 Å². The molecule has 1 N–H and O–H groups in total. The molecule has 1 atom stereocenters. The quantitative estimate of drug-likeness (QED) is 0.405. The van der Waals surface area contributed by atoms with E-state index in [0.29, 0.717) is 0 Å². The fourth-order valence-electron chi connectivity index (χ4n) is 2.85. The number of aromatic nitrogens is 1. The van der Waals surface area contributed by atoms with Crippen molar-refractivity contribution in [2.24, 2.45) is 18.0 Å². The molecule has 2 rings (SSSR count). The lowest BCUT2D eigenvalue weighted by Crippen LogP contribution is -2.41. The minimum atomic E-state index is 0. The van der Waals surface area contributed by atoms with Crippen molar-refractivity contribution < 1.29 is 0 Å². The van der Waals surface area contributed by atoms with Crippen LogP contribution in [-0.2, 0) is 13.6 Å². The van der Waals surface area contributed by atoms with Crippen LogP contribution >= 0.6 is 39.9 Å². The predicted molar refractivity (Wildman–Crippen MR) is 107 cm³/mol. The van der Waals surface area contributed by atoms with Crippen LogP contribution in [0.5, 0.6) is 0 Å². The number of halogens is 2. The minimum Gasteiger partial charge on any atom is -0.356 e. The zero-order valence-corrected chi connectivity index (χ0v) is 17.8. The van der Waals surface area contributed by atoms with E-state index in [0.717, 1.165) is 29.4 Å². The Labute approximate surface area is 159 Å². The van der Waals surface area contributed by atoms with Crippen LogP contribution in [0.3, 0.4) is 0 Å². The van der Waals surface area contributed by atoms with Crippen LogP contribution in [0.15, 0.2) is 21.7 Å². The topological polar surface area (TPSA) is 35.8 Å². The predicted octanol–water partition coefficient (Wildman–Crippen LogP) is 2.36. The van der Waals surface area contributed by atoms with E-state index < -0.39 is 0 Å². The molecule has 0 bridgehead atoms. The second-order valence-electron chi connectivity index (χ2n) is 5.96. The third-order valence-corrected chi connectivity index (χ3v) is 4.52. The summed E-state index contributed by atoms with van der Waals surface area (Å²) in [6.45, 7) is 4.22. The van der Waals surface area contributed by atoms with Gasteiger partial charge in [-0.2, -0.15) is 0 Å². The van der Waals surface area contributed by atoms with Crippen molar-refractivity contribution in [1.29, 1.82) is 0 Å². The van der Waals surface area contributed by atoms with Crippen molar-refractivity contribution in [3.63, 3.8) is 0 Å². The van der Waals surface area contributed by atoms with Gasteiger partial charge >= 0.3 is 0 Å². The van der Waals surface area contributed by atoms with Gasteiger partial charge in [0, 0.05) is 50.6 Å². The zero-order valence-electron chi connectivity index (χ0n) is 13.8. The van der Waals surface area contributed by atoms with Gasteiger partial charge in [-0.15, -0.1) is 24.0 Å². The molecule has 1 fully saturated rings. The molecule has 7 heteroatoms. The smallest absolute Gasteiger partial charge is 0.193 e. The Morgan fingerprint density at radius 1 is 1.50 bits per heavy atom. The Bertz CT molecular complexity index is 502. The van der Waals surface area contributed by atoms with Gasteiger partial charge in [-0.1, -0.05) is 0 Å². The Morgan fingerprint density at radius 3 is 2.73 bits per heavy atom. The normalized spacial score (nSPS) is 19.1. The first-order chi connectivity index (χ1) is 9.99. The molecule has 1 unspecified atom stereocenters. The summed E-state index contributed by atoms with van der Waals surface area (Å²) >= 11 is 3.52. The summed E-state index contributed by atoms with van der Waals surface area (Å²) in [4.78, 5) is 8.95. The van der Waals surface area contributed by atoms with Crippen molar-refractivity contribution in [3.05, 3.63) is 22.4 Å². The number of likely N-dealkylation sites (tertiary alicyclic amines) is 1. The number of guanidine groups is 1. The number of nitrogens with one attached hydrogen (secondary N) is 1. The molecule has 0 amide bonds. The van der Waals surface area contributed by atoms with Crippen LogP contribution in [0.4, 0.5) is 0 Å². The monoisotopic (exact) mass is 483 g/mol. The molecule has 0 aromatic carbocycles. The van der Waals surface area contributed by atoms with E-state index >= 15 is 0 Å². The summed E-state index contributed by atoms with van der Waals surface area (Å²) < 4.78 is 3.25. The summed E-state index contributed by atoms with van der Waals surface area (Å²) in [5, 5.41) is 3.51. The highest BCUT2D eigenvalue weighted by molar-refractivity contribution is 14.0. The lowest BCUT2D eigenvalue weighted by atomic mass is 10.1. The molecule has 1 aromatic heterocycles. The van der Waals surface area contributed by atoms with Crippen LogP contribution in [0.1, 0.15) is 12.1 Å². The number of hydrogen-bond donors (Lipinski definition) is 1. The molecule has 1 aromatic rings. The standard InChI is InChI=1S/C15H26BrN5.HI/c1-17-15(18-8-12-5-6-19(2)9-12)21(4)11-14-7-13(16)10-20(14)3;/h7,10,12H,5-6,8-9,11H2,1-4H3,(H,17,18);1H. The van der Waals surface area contributed by atoms with Gasteiger partial charge in [-0.05, 0) is 47.9 Å². The number of aryl methyl sites for hydroxylation is 1. The maximum Gasteiger partial charge on any atom is 0.193 e.